The van der Waals surface area contributed by atoms with Crippen LogP contribution in [0.1, 0.15) is 37.8 Å². The number of fused-ring (bicyclic) bond motifs is 1. The Morgan fingerprint density at radius 2 is 2.18 bits per heavy atom. The number of rotatable bonds is 4. The van der Waals surface area contributed by atoms with Crippen molar-refractivity contribution in [3.8, 4) is 0 Å². The molecule has 2 nitrogen and oxygen atoms in total. The summed E-state index contributed by atoms with van der Waals surface area (Å²) in [5.74, 6) is 0.956. The van der Waals surface area contributed by atoms with E-state index >= 15 is 0 Å². The Morgan fingerprint density at radius 3 is 2.94 bits per heavy atom. The Balaban J connectivity index is 1.77. The van der Waals surface area contributed by atoms with Gasteiger partial charge in [-0.3, -0.25) is 0 Å². The molecule has 1 heterocycles. The van der Waals surface area contributed by atoms with E-state index in [0.29, 0.717) is 0 Å². The van der Waals surface area contributed by atoms with Crippen LogP contribution in [-0.4, -0.2) is 13.1 Å². The lowest BCUT2D eigenvalue weighted by molar-refractivity contribution is 0.568. The number of hydrogen-bond donors (Lipinski definition) is 2. The molecule has 0 bridgehead atoms. The highest BCUT2D eigenvalue weighted by molar-refractivity contribution is 5.62. The Hall–Kier alpha value is -1.02. The highest BCUT2D eigenvalue weighted by Crippen LogP contribution is 2.38. The average Bonchev–Trinajstić information content (AvgIpc) is 3.05. The van der Waals surface area contributed by atoms with Gasteiger partial charge in [0.15, 0.2) is 0 Å². The normalized spacial score (nSPS) is 21.1. The molecule has 0 unspecified atom stereocenters. The zero-order valence-corrected chi connectivity index (χ0v) is 10.8. The first-order valence-corrected chi connectivity index (χ1v) is 6.74. The molecule has 0 saturated heterocycles. The topological polar surface area (TPSA) is 24.1 Å². The quantitative estimate of drug-likeness (QED) is 0.831. The minimum atomic E-state index is 0.271. The summed E-state index contributed by atoms with van der Waals surface area (Å²) >= 11 is 0. The van der Waals surface area contributed by atoms with E-state index < -0.39 is 0 Å². The van der Waals surface area contributed by atoms with E-state index in [9.17, 15) is 0 Å². The van der Waals surface area contributed by atoms with E-state index in [1.807, 2.05) is 0 Å². The minimum absolute atomic E-state index is 0.271. The Bertz CT molecular complexity index is 419. The van der Waals surface area contributed by atoms with Gasteiger partial charge in [-0.15, -0.1) is 0 Å². The van der Waals surface area contributed by atoms with E-state index in [2.05, 4.69) is 42.7 Å². The average molecular weight is 230 g/mol. The van der Waals surface area contributed by atoms with Crippen molar-refractivity contribution in [3.05, 3.63) is 29.3 Å². The van der Waals surface area contributed by atoms with Crippen LogP contribution >= 0.6 is 0 Å². The second-order valence-electron chi connectivity index (χ2n) is 6.15. The van der Waals surface area contributed by atoms with Crippen molar-refractivity contribution in [2.45, 2.75) is 38.6 Å². The first kappa shape index (κ1) is 11.1. The first-order valence-electron chi connectivity index (χ1n) is 6.74. The van der Waals surface area contributed by atoms with Gasteiger partial charge in [-0.2, -0.15) is 0 Å². The number of hydrogen-bond acceptors (Lipinski definition) is 2. The second kappa shape index (κ2) is 4.02. The van der Waals surface area contributed by atoms with Crippen molar-refractivity contribution < 1.29 is 0 Å². The van der Waals surface area contributed by atoms with Gasteiger partial charge in [0.05, 0.1) is 0 Å². The molecular formula is C15H22N2. The van der Waals surface area contributed by atoms with Crippen LogP contribution in [0.15, 0.2) is 18.2 Å². The van der Waals surface area contributed by atoms with Gasteiger partial charge in [0.25, 0.3) is 0 Å². The highest BCUT2D eigenvalue weighted by atomic mass is 14.9. The van der Waals surface area contributed by atoms with Crippen molar-refractivity contribution in [2.24, 2.45) is 5.92 Å². The third-order valence-corrected chi connectivity index (χ3v) is 3.99. The number of benzene rings is 1. The van der Waals surface area contributed by atoms with Crippen LogP contribution in [-0.2, 0) is 12.0 Å². The molecule has 2 heteroatoms. The lowest BCUT2D eigenvalue weighted by atomic mass is 9.84. The zero-order chi connectivity index (χ0) is 11.9. The summed E-state index contributed by atoms with van der Waals surface area (Å²) in [6.45, 7) is 7.93. The molecule has 17 heavy (non-hydrogen) atoms. The van der Waals surface area contributed by atoms with Gasteiger partial charge >= 0.3 is 0 Å². The van der Waals surface area contributed by atoms with Crippen molar-refractivity contribution >= 4 is 5.69 Å². The summed E-state index contributed by atoms with van der Waals surface area (Å²) in [7, 11) is 0. The third kappa shape index (κ3) is 2.19. The monoisotopic (exact) mass is 230 g/mol. The molecule has 1 aliphatic heterocycles. The van der Waals surface area contributed by atoms with Crippen LogP contribution in [0.2, 0.25) is 0 Å². The molecule has 0 aromatic heterocycles. The fourth-order valence-corrected chi connectivity index (χ4v) is 2.83. The molecule has 1 saturated carbocycles. The molecule has 1 aliphatic carbocycles. The summed E-state index contributed by atoms with van der Waals surface area (Å²) in [6.07, 6.45) is 2.85. The maximum Gasteiger partial charge on any atom is 0.0382 e. The van der Waals surface area contributed by atoms with Gasteiger partial charge in [-0.05, 0) is 42.5 Å². The van der Waals surface area contributed by atoms with E-state index in [0.717, 1.165) is 19.0 Å². The highest BCUT2D eigenvalue weighted by Gasteiger charge is 2.31. The minimum Gasteiger partial charge on any atom is -0.384 e. The molecular weight excluding hydrogens is 208 g/mol. The molecule has 0 radical (unpaired) electrons. The maximum absolute atomic E-state index is 3.60. The van der Waals surface area contributed by atoms with E-state index in [1.165, 1.54) is 36.2 Å². The molecule has 0 spiro atoms. The maximum atomic E-state index is 3.60. The summed E-state index contributed by atoms with van der Waals surface area (Å²) in [4.78, 5) is 0. The van der Waals surface area contributed by atoms with Gasteiger partial charge in [0.2, 0.25) is 0 Å². The van der Waals surface area contributed by atoms with E-state index in [4.69, 9.17) is 0 Å². The fraction of sp³-hybridized carbons (Fsp3) is 0.600. The third-order valence-electron chi connectivity index (χ3n) is 3.99. The van der Waals surface area contributed by atoms with Crippen molar-refractivity contribution in [3.63, 3.8) is 0 Å². The summed E-state index contributed by atoms with van der Waals surface area (Å²) in [6, 6.07) is 6.64. The lowest BCUT2D eigenvalue weighted by Crippen LogP contribution is -2.23. The van der Waals surface area contributed by atoms with Gasteiger partial charge in [-0.25, -0.2) is 0 Å². The molecule has 1 aromatic rings. The lowest BCUT2D eigenvalue weighted by Gasteiger charge is -2.21. The Labute approximate surface area is 104 Å². The molecule has 3 rings (SSSR count). The van der Waals surface area contributed by atoms with Crippen LogP contribution < -0.4 is 10.6 Å². The molecule has 2 N–H and O–H groups in total. The molecule has 0 atom stereocenters. The summed E-state index contributed by atoms with van der Waals surface area (Å²) < 4.78 is 0. The fourth-order valence-electron chi connectivity index (χ4n) is 2.83. The SMILES string of the molecule is CC1(C)CNc2cccc(CNCC3CC3)c21. The predicted octanol–water partition coefficient (Wildman–Crippen LogP) is 2.89. The van der Waals surface area contributed by atoms with Crippen LogP contribution in [0.5, 0.6) is 0 Å². The van der Waals surface area contributed by atoms with Crippen LogP contribution in [0.3, 0.4) is 0 Å². The smallest absolute Gasteiger partial charge is 0.0382 e. The summed E-state index contributed by atoms with van der Waals surface area (Å²) in [5.41, 5.74) is 4.59. The van der Waals surface area contributed by atoms with Gasteiger partial charge in [0.1, 0.15) is 0 Å². The van der Waals surface area contributed by atoms with E-state index in [1.54, 1.807) is 0 Å². The molecule has 0 amide bonds. The number of nitrogens with one attached hydrogen (secondary N) is 2. The first-order chi connectivity index (χ1) is 8.17. The standard InChI is InChI=1S/C15H22N2/c1-15(2)10-17-13-5-3-4-12(14(13)15)9-16-8-11-6-7-11/h3-5,11,16-17H,6-10H2,1-2H3. The molecule has 1 aromatic carbocycles. The molecule has 1 fully saturated rings. The van der Waals surface area contributed by atoms with Crippen LogP contribution in [0.4, 0.5) is 5.69 Å². The Kier molecular flexibility index (Phi) is 2.62. The van der Waals surface area contributed by atoms with Gasteiger partial charge in [0, 0.05) is 24.2 Å². The second-order valence-corrected chi connectivity index (χ2v) is 6.15. The van der Waals surface area contributed by atoms with Crippen molar-refractivity contribution in [2.75, 3.05) is 18.4 Å². The molecule has 2 aliphatic rings. The zero-order valence-electron chi connectivity index (χ0n) is 10.8. The van der Waals surface area contributed by atoms with Gasteiger partial charge < -0.3 is 10.6 Å². The van der Waals surface area contributed by atoms with Crippen LogP contribution in [0, 0.1) is 5.92 Å². The van der Waals surface area contributed by atoms with Crippen molar-refractivity contribution in [1.82, 2.24) is 5.32 Å². The molecule has 92 valence electrons. The van der Waals surface area contributed by atoms with E-state index in [-0.39, 0.29) is 5.41 Å². The van der Waals surface area contributed by atoms with Crippen LogP contribution in [0.25, 0.3) is 0 Å². The van der Waals surface area contributed by atoms with Crippen molar-refractivity contribution in [1.29, 1.82) is 0 Å². The largest absolute Gasteiger partial charge is 0.384 e. The predicted molar refractivity (Wildman–Crippen MR) is 72.4 cm³/mol. The van der Waals surface area contributed by atoms with Gasteiger partial charge in [-0.1, -0.05) is 26.0 Å². The number of anilines is 1. The Morgan fingerprint density at radius 1 is 1.35 bits per heavy atom. The summed E-state index contributed by atoms with van der Waals surface area (Å²) in [5, 5.41) is 7.12.